The van der Waals surface area contributed by atoms with Gasteiger partial charge < -0.3 is 20.7 Å². The Kier molecular flexibility index (Phi) is 12.4. The number of para-hydroxylation sites is 1. The average Bonchev–Trinajstić information content (AvgIpc) is 2.63. The second-order valence-corrected chi connectivity index (χ2v) is 5.79. The van der Waals surface area contributed by atoms with Crippen LogP contribution in [0.25, 0.3) is 0 Å². The quantitative estimate of drug-likeness (QED) is 0.227. The molecule has 1 aromatic rings. The lowest BCUT2D eigenvalue weighted by Crippen LogP contribution is -2.44. The van der Waals surface area contributed by atoms with Gasteiger partial charge in [0.05, 0.1) is 13.2 Å². The predicted molar refractivity (Wildman–Crippen MR) is 116 cm³/mol. The predicted octanol–water partition coefficient (Wildman–Crippen LogP) is 1.99. The molecule has 1 aromatic carbocycles. The molecule has 1 saturated heterocycles. The molecule has 25 heavy (non-hydrogen) atoms. The molecule has 6 nitrogen and oxygen atoms in total. The number of morpholine rings is 1. The summed E-state index contributed by atoms with van der Waals surface area (Å²) >= 11 is 0. The number of anilines is 1. The highest BCUT2D eigenvalue weighted by Gasteiger charge is 2.09. The van der Waals surface area contributed by atoms with E-state index in [1.807, 2.05) is 18.2 Å². The summed E-state index contributed by atoms with van der Waals surface area (Å²) in [4.78, 5) is 7.06. The molecule has 0 atom stereocenters. The van der Waals surface area contributed by atoms with E-state index in [4.69, 9.17) is 4.74 Å². The first-order chi connectivity index (χ1) is 11.9. The van der Waals surface area contributed by atoms with E-state index in [0.717, 1.165) is 77.1 Å². The van der Waals surface area contributed by atoms with Gasteiger partial charge in [0.2, 0.25) is 0 Å². The van der Waals surface area contributed by atoms with Crippen molar-refractivity contribution in [2.24, 2.45) is 4.99 Å². The van der Waals surface area contributed by atoms with Gasteiger partial charge in [0.1, 0.15) is 0 Å². The molecule has 0 aliphatic carbocycles. The fourth-order valence-corrected chi connectivity index (χ4v) is 2.56. The molecule has 1 heterocycles. The lowest BCUT2D eigenvalue weighted by atomic mass is 10.3. The maximum atomic E-state index is 5.37. The Morgan fingerprint density at radius 1 is 1.12 bits per heavy atom. The van der Waals surface area contributed by atoms with E-state index in [2.05, 4.69) is 44.9 Å². The van der Waals surface area contributed by atoms with E-state index in [9.17, 15) is 0 Å². The summed E-state index contributed by atoms with van der Waals surface area (Å²) < 4.78 is 5.37. The molecule has 0 spiro atoms. The Morgan fingerprint density at radius 2 is 1.88 bits per heavy atom. The number of aliphatic imine (C=N–C) groups is 1. The lowest BCUT2D eigenvalue weighted by molar-refractivity contribution is 0.0389. The molecular weight excluding hydrogens is 429 g/mol. The van der Waals surface area contributed by atoms with Gasteiger partial charge in [0.25, 0.3) is 0 Å². The van der Waals surface area contributed by atoms with E-state index in [0.29, 0.717) is 0 Å². The molecule has 0 bridgehead atoms. The molecule has 1 aliphatic heterocycles. The first-order valence-electron chi connectivity index (χ1n) is 8.99. The van der Waals surface area contributed by atoms with Gasteiger partial charge in [-0.1, -0.05) is 18.2 Å². The van der Waals surface area contributed by atoms with Crippen LogP contribution in [0.1, 0.15) is 13.3 Å². The third-order valence-electron chi connectivity index (χ3n) is 3.88. The highest BCUT2D eigenvalue weighted by atomic mass is 127. The van der Waals surface area contributed by atoms with Crippen LogP contribution in [0.3, 0.4) is 0 Å². The van der Waals surface area contributed by atoms with Gasteiger partial charge in [-0.2, -0.15) is 0 Å². The molecule has 1 aliphatic rings. The van der Waals surface area contributed by atoms with Crippen LogP contribution >= 0.6 is 24.0 Å². The van der Waals surface area contributed by atoms with E-state index in [1.54, 1.807) is 0 Å². The third kappa shape index (κ3) is 9.86. The summed E-state index contributed by atoms with van der Waals surface area (Å²) in [7, 11) is 0. The van der Waals surface area contributed by atoms with Crippen molar-refractivity contribution in [2.75, 3.05) is 64.3 Å². The summed E-state index contributed by atoms with van der Waals surface area (Å²) in [6.45, 7) is 10.4. The zero-order chi connectivity index (χ0) is 16.9. The molecule has 0 aromatic heterocycles. The molecule has 0 amide bonds. The Hall–Kier alpha value is -1.06. The van der Waals surface area contributed by atoms with Crippen LogP contribution in [0.4, 0.5) is 5.69 Å². The van der Waals surface area contributed by atoms with E-state index < -0.39 is 0 Å². The Labute approximate surface area is 168 Å². The van der Waals surface area contributed by atoms with Gasteiger partial charge in [0.15, 0.2) is 5.96 Å². The molecule has 1 fully saturated rings. The van der Waals surface area contributed by atoms with Crippen LogP contribution in [-0.4, -0.2) is 69.9 Å². The van der Waals surface area contributed by atoms with Crippen molar-refractivity contribution in [3.05, 3.63) is 30.3 Å². The van der Waals surface area contributed by atoms with Crippen molar-refractivity contribution in [2.45, 2.75) is 13.3 Å². The summed E-state index contributed by atoms with van der Waals surface area (Å²) in [6, 6.07) is 10.3. The lowest BCUT2D eigenvalue weighted by Gasteiger charge is -2.26. The summed E-state index contributed by atoms with van der Waals surface area (Å²) in [5.74, 6) is 0.908. The largest absolute Gasteiger partial charge is 0.385 e. The number of ether oxygens (including phenoxy) is 1. The first-order valence-corrected chi connectivity index (χ1v) is 8.99. The van der Waals surface area contributed by atoms with E-state index >= 15 is 0 Å². The highest BCUT2D eigenvalue weighted by molar-refractivity contribution is 14.0. The number of hydrogen-bond donors (Lipinski definition) is 3. The monoisotopic (exact) mass is 461 g/mol. The van der Waals surface area contributed by atoms with Crippen LogP contribution in [0.2, 0.25) is 0 Å². The maximum absolute atomic E-state index is 5.37. The highest BCUT2D eigenvalue weighted by Crippen LogP contribution is 2.04. The van der Waals surface area contributed by atoms with Crippen LogP contribution in [0.5, 0.6) is 0 Å². The number of benzene rings is 1. The Balaban J connectivity index is 0.00000312. The van der Waals surface area contributed by atoms with Gasteiger partial charge >= 0.3 is 0 Å². The molecule has 0 unspecified atom stereocenters. The number of rotatable bonds is 9. The molecular formula is C18H32IN5O. The Bertz CT molecular complexity index is 466. The summed E-state index contributed by atoms with van der Waals surface area (Å²) in [6.07, 6.45) is 1.01. The normalized spacial score (nSPS) is 15.3. The zero-order valence-electron chi connectivity index (χ0n) is 15.2. The average molecular weight is 461 g/mol. The fourth-order valence-electron chi connectivity index (χ4n) is 2.56. The standard InChI is InChI=1S/C18H31N5O.HI/c1-2-19-18(22-11-12-23-13-15-24-16-14-23)21-10-6-9-20-17-7-4-3-5-8-17;/h3-5,7-8,20H,2,6,9-16H2,1H3,(H2,19,21,22);1H. The van der Waals surface area contributed by atoms with Crippen molar-refractivity contribution in [3.8, 4) is 0 Å². The smallest absolute Gasteiger partial charge is 0.191 e. The minimum absolute atomic E-state index is 0. The van der Waals surface area contributed by atoms with E-state index in [-0.39, 0.29) is 24.0 Å². The van der Waals surface area contributed by atoms with Crippen molar-refractivity contribution in [3.63, 3.8) is 0 Å². The molecule has 0 saturated carbocycles. The minimum Gasteiger partial charge on any atom is -0.385 e. The fraction of sp³-hybridized carbons (Fsp3) is 0.611. The maximum Gasteiger partial charge on any atom is 0.191 e. The van der Waals surface area contributed by atoms with Gasteiger partial charge in [-0.25, -0.2) is 0 Å². The first kappa shape index (κ1) is 22.0. The van der Waals surface area contributed by atoms with Crippen LogP contribution < -0.4 is 16.0 Å². The second kappa shape index (κ2) is 14.1. The van der Waals surface area contributed by atoms with Crippen LogP contribution in [0.15, 0.2) is 35.3 Å². The van der Waals surface area contributed by atoms with Gasteiger partial charge in [-0.15, -0.1) is 24.0 Å². The third-order valence-corrected chi connectivity index (χ3v) is 3.88. The molecule has 142 valence electrons. The van der Waals surface area contributed by atoms with Gasteiger partial charge in [-0.05, 0) is 25.5 Å². The van der Waals surface area contributed by atoms with Crippen LogP contribution in [0, 0.1) is 0 Å². The molecule has 7 heteroatoms. The topological polar surface area (TPSA) is 60.9 Å². The summed E-state index contributed by atoms with van der Waals surface area (Å²) in [5.41, 5.74) is 1.16. The summed E-state index contributed by atoms with van der Waals surface area (Å²) in [5, 5.41) is 10.1. The Morgan fingerprint density at radius 3 is 2.60 bits per heavy atom. The van der Waals surface area contributed by atoms with Crippen molar-refractivity contribution in [1.82, 2.24) is 15.5 Å². The number of nitrogens with zero attached hydrogens (tertiary/aromatic N) is 2. The SMILES string of the molecule is CCNC(=NCCCNc1ccccc1)NCCN1CCOCC1.I. The van der Waals surface area contributed by atoms with Crippen molar-refractivity contribution < 1.29 is 4.74 Å². The van der Waals surface area contributed by atoms with Gasteiger partial charge in [-0.3, -0.25) is 9.89 Å². The number of hydrogen-bond acceptors (Lipinski definition) is 4. The molecule has 3 N–H and O–H groups in total. The van der Waals surface area contributed by atoms with Crippen molar-refractivity contribution in [1.29, 1.82) is 0 Å². The second-order valence-electron chi connectivity index (χ2n) is 5.79. The number of nitrogens with one attached hydrogen (secondary N) is 3. The van der Waals surface area contributed by atoms with Crippen LogP contribution in [-0.2, 0) is 4.74 Å². The number of guanidine groups is 1. The minimum atomic E-state index is 0. The molecule has 2 rings (SSSR count). The molecule has 0 radical (unpaired) electrons. The number of halogens is 1. The van der Waals surface area contributed by atoms with Gasteiger partial charge in [0, 0.05) is 51.5 Å². The van der Waals surface area contributed by atoms with Crippen molar-refractivity contribution >= 4 is 35.6 Å². The van der Waals surface area contributed by atoms with E-state index in [1.165, 1.54) is 0 Å². The zero-order valence-corrected chi connectivity index (χ0v) is 17.5.